The molecule has 0 rings (SSSR count). The first-order valence-electron chi connectivity index (χ1n) is 5.37. The predicted molar refractivity (Wildman–Crippen MR) is 56.6 cm³/mol. The van der Waals surface area contributed by atoms with Crippen LogP contribution in [0.3, 0.4) is 0 Å². The summed E-state index contributed by atoms with van der Waals surface area (Å²) in [4.78, 5) is 0. The summed E-state index contributed by atoms with van der Waals surface area (Å²) in [6, 6.07) is 0. The quantitative estimate of drug-likeness (QED) is 0.582. The molecule has 0 aromatic carbocycles. The third-order valence-corrected chi connectivity index (χ3v) is 2.88. The second-order valence-corrected chi connectivity index (χ2v) is 3.80. The highest BCUT2D eigenvalue weighted by Gasteiger charge is 2.14. The normalized spacial score (nSPS) is 15.7. The van der Waals surface area contributed by atoms with Crippen molar-refractivity contribution in [2.24, 2.45) is 11.8 Å². The topological polar surface area (TPSA) is 20.2 Å². The Morgan fingerprint density at radius 3 is 2.42 bits per heavy atom. The molecular weight excluding hydrogens is 147 g/mol. The van der Waals surface area contributed by atoms with Crippen LogP contribution in [0.5, 0.6) is 0 Å². The van der Waals surface area contributed by atoms with Gasteiger partial charge in [-0.1, -0.05) is 46.5 Å². The van der Waals surface area contributed by atoms with E-state index in [1.54, 1.807) is 0 Å². The Labute approximate surface area is 77.8 Å². The molecule has 1 N–H and O–H groups in total. The van der Waals surface area contributed by atoms with Gasteiger partial charge in [-0.05, 0) is 18.2 Å². The number of hydrogen-bond acceptors (Lipinski definition) is 1. The van der Waals surface area contributed by atoms with E-state index in [1.165, 1.54) is 25.7 Å². The van der Waals surface area contributed by atoms with Crippen molar-refractivity contribution in [3.05, 3.63) is 0 Å². The molecule has 0 aliphatic rings. The van der Waals surface area contributed by atoms with Gasteiger partial charge in [-0.25, -0.2) is 0 Å². The minimum Gasteiger partial charge on any atom is -0.454 e. The zero-order chi connectivity index (χ0) is 9.40. The van der Waals surface area contributed by atoms with Gasteiger partial charge in [0.05, 0.1) is 0 Å². The highest BCUT2D eigenvalue weighted by atomic mass is 16.2. The van der Waals surface area contributed by atoms with Crippen molar-refractivity contribution >= 4 is 7.48 Å². The van der Waals surface area contributed by atoms with Gasteiger partial charge in [-0.3, -0.25) is 0 Å². The standard InChI is InChI=1S/C10H23BO/c1-4-6-7-10(8-11-12)9(3)5-2/h9-12H,4-8H2,1-3H3/t9?,10-/m1/s1. The number of hydrogen-bond donors (Lipinski definition) is 1. The Bertz CT molecular complexity index is 95.8. The Hall–Kier alpha value is 0.0249. The molecule has 2 heteroatoms. The molecule has 0 aromatic heterocycles. The van der Waals surface area contributed by atoms with Crippen LogP contribution in [0.25, 0.3) is 0 Å². The molecule has 12 heavy (non-hydrogen) atoms. The van der Waals surface area contributed by atoms with Crippen LogP contribution in [-0.4, -0.2) is 12.5 Å². The van der Waals surface area contributed by atoms with Gasteiger partial charge in [0.2, 0.25) is 0 Å². The van der Waals surface area contributed by atoms with Crippen LogP contribution in [0.1, 0.15) is 46.5 Å². The van der Waals surface area contributed by atoms with E-state index in [9.17, 15) is 0 Å². The van der Waals surface area contributed by atoms with Crippen molar-refractivity contribution in [1.82, 2.24) is 0 Å². The van der Waals surface area contributed by atoms with Crippen LogP contribution in [0.2, 0.25) is 6.32 Å². The van der Waals surface area contributed by atoms with Crippen molar-refractivity contribution in [2.75, 3.05) is 0 Å². The lowest BCUT2D eigenvalue weighted by molar-refractivity contribution is 0.339. The second-order valence-electron chi connectivity index (χ2n) is 3.80. The molecular formula is C10H23BO. The van der Waals surface area contributed by atoms with E-state index < -0.39 is 0 Å². The molecule has 0 bridgehead atoms. The maximum atomic E-state index is 8.88. The number of rotatable bonds is 7. The molecule has 0 aliphatic carbocycles. The first-order valence-corrected chi connectivity index (χ1v) is 5.37. The molecule has 1 unspecified atom stereocenters. The molecule has 0 heterocycles. The summed E-state index contributed by atoms with van der Waals surface area (Å²) in [5.41, 5.74) is 0. The molecule has 72 valence electrons. The Kier molecular flexibility index (Phi) is 7.68. The fraction of sp³-hybridized carbons (Fsp3) is 1.00. The van der Waals surface area contributed by atoms with Gasteiger partial charge in [-0.2, -0.15) is 0 Å². The van der Waals surface area contributed by atoms with Crippen LogP contribution in [0.15, 0.2) is 0 Å². The summed E-state index contributed by atoms with van der Waals surface area (Å²) < 4.78 is 0. The van der Waals surface area contributed by atoms with Gasteiger partial charge >= 0.3 is 0 Å². The molecule has 0 saturated heterocycles. The molecule has 0 radical (unpaired) electrons. The van der Waals surface area contributed by atoms with Crippen LogP contribution >= 0.6 is 0 Å². The molecule has 0 saturated carbocycles. The SMILES string of the molecule is CCCC[C@H](CBO)C(C)CC. The van der Waals surface area contributed by atoms with Gasteiger partial charge in [0.1, 0.15) is 0 Å². The summed E-state index contributed by atoms with van der Waals surface area (Å²) in [5.74, 6) is 1.53. The summed E-state index contributed by atoms with van der Waals surface area (Å²) in [5, 5.41) is 8.88. The second kappa shape index (κ2) is 7.66. The Morgan fingerprint density at radius 1 is 1.33 bits per heavy atom. The van der Waals surface area contributed by atoms with Crippen molar-refractivity contribution in [3.63, 3.8) is 0 Å². The lowest BCUT2D eigenvalue weighted by atomic mass is 9.75. The van der Waals surface area contributed by atoms with E-state index in [1.807, 2.05) is 0 Å². The van der Waals surface area contributed by atoms with Crippen LogP contribution in [0.4, 0.5) is 0 Å². The molecule has 2 atom stereocenters. The van der Waals surface area contributed by atoms with Crippen LogP contribution < -0.4 is 0 Å². The van der Waals surface area contributed by atoms with E-state index in [-0.39, 0.29) is 0 Å². The molecule has 0 amide bonds. The molecule has 0 aromatic rings. The van der Waals surface area contributed by atoms with Crippen molar-refractivity contribution in [1.29, 1.82) is 0 Å². The Morgan fingerprint density at radius 2 is 2.00 bits per heavy atom. The highest BCUT2D eigenvalue weighted by molar-refractivity contribution is 6.25. The third kappa shape index (κ3) is 4.81. The zero-order valence-electron chi connectivity index (χ0n) is 8.84. The lowest BCUT2D eigenvalue weighted by Crippen LogP contribution is -2.13. The minimum atomic E-state index is 0.360. The lowest BCUT2D eigenvalue weighted by Gasteiger charge is -2.21. The Balaban J connectivity index is 3.68. The maximum Gasteiger partial charge on any atom is 0.271 e. The zero-order valence-corrected chi connectivity index (χ0v) is 8.84. The average molecular weight is 170 g/mol. The number of unbranched alkanes of at least 4 members (excludes halogenated alkanes) is 1. The summed E-state index contributed by atoms with van der Waals surface area (Å²) in [6.45, 7) is 6.77. The maximum absolute atomic E-state index is 8.88. The minimum absolute atomic E-state index is 0.360. The summed E-state index contributed by atoms with van der Waals surface area (Å²) >= 11 is 0. The first kappa shape index (κ1) is 12.0. The van der Waals surface area contributed by atoms with Crippen molar-refractivity contribution < 1.29 is 5.02 Å². The van der Waals surface area contributed by atoms with Crippen LogP contribution in [-0.2, 0) is 0 Å². The van der Waals surface area contributed by atoms with Crippen molar-refractivity contribution in [3.8, 4) is 0 Å². The van der Waals surface area contributed by atoms with Crippen LogP contribution in [0, 0.1) is 11.8 Å². The van der Waals surface area contributed by atoms with E-state index in [2.05, 4.69) is 20.8 Å². The summed E-state index contributed by atoms with van der Waals surface area (Å²) in [7, 11) is 0.360. The van der Waals surface area contributed by atoms with E-state index in [4.69, 9.17) is 5.02 Å². The molecule has 0 spiro atoms. The molecule has 1 nitrogen and oxygen atoms in total. The van der Waals surface area contributed by atoms with Gasteiger partial charge in [-0.15, -0.1) is 0 Å². The van der Waals surface area contributed by atoms with E-state index >= 15 is 0 Å². The molecule has 0 aliphatic heterocycles. The smallest absolute Gasteiger partial charge is 0.271 e. The highest BCUT2D eigenvalue weighted by Crippen LogP contribution is 2.24. The van der Waals surface area contributed by atoms with E-state index in [0.717, 1.165) is 18.2 Å². The van der Waals surface area contributed by atoms with Gasteiger partial charge < -0.3 is 5.02 Å². The van der Waals surface area contributed by atoms with Gasteiger partial charge in [0.15, 0.2) is 0 Å². The monoisotopic (exact) mass is 170 g/mol. The fourth-order valence-corrected chi connectivity index (χ4v) is 1.68. The van der Waals surface area contributed by atoms with Gasteiger partial charge in [0.25, 0.3) is 7.48 Å². The first-order chi connectivity index (χ1) is 5.76. The van der Waals surface area contributed by atoms with E-state index in [0.29, 0.717) is 7.48 Å². The third-order valence-electron chi connectivity index (χ3n) is 2.88. The average Bonchev–Trinajstić information content (AvgIpc) is 2.11. The largest absolute Gasteiger partial charge is 0.454 e. The van der Waals surface area contributed by atoms with Crippen molar-refractivity contribution in [2.45, 2.75) is 52.8 Å². The predicted octanol–water partition coefficient (Wildman–Crippen LogP) is 2.60. The van der Waals surface area contributed by atoms with Gasteiger partial charge in [0, 0.05) is 0 Å². The summed E-state index contributed by atoms with van der Waals surface area (Å²) in [6.07, 6.45) is 6.13. The molecule has 0 fully saturated rings. The fourth-order valence-electron chi connectivity index (χ4n) is 1.68.